The Hall–Kier alpha value is -1.36. The number of hydrogen-bond donors (Lipinski definition) is 1. The standard InChI is InChI=1S/C18H20Cl2N2O2/c19-13-7-4-8-15(17(13)20)22-16(23)11-14(18(22)24)21-10-9-12-5-2-1-3-6-12/h4-5,7-8,14,21H,1-3,6,9-11H2/t14-/m1/s1. The lowest BCUT2D eigenvalue weighted by Crippen LogP contribution is -2.39. The smallest absolute Gasteiger partial charge is 0.251 e. The highest BCUT2D eigenvalue weighted by molar-refractivity contribution is 6.44. The Morgan fingerprint density at radius 1 is 1.21 bits per heavy atom. The molecule has 0 spiro atoms. The van der Waals surface area contributed by atoms with Crippen LogP contribution in [-0.2, 0) is 9.59 Å². The first-order chi connectivity index (χ1) is 11.6. The topological polar surface area (TPSA) is 49.4 Å². The molecule has 1 aromatic carbocycles. The molecule has 2 aliphatic rings. The maximum atomic E-state index is 12.6. The number of carbonyl (C=O) groups is 2. The summed E-state index contributed by atoms with van der Waals surface area (Å²) in [5.41, 5.74) is 1.80. The molecule has 24 heavy (non-hydrogen) atoms. The van der Waals surface area contributed by atoms with E-state index in [0.717, 1.165) is 24.2 Å². The average Bonchev–Trinajstić information content (AvgIpc) is 2.86. The van der Waals surface area contributed by atoms with E-state index in [4.69, 9.17) is 23.2 Å². The number of nitrogens with zero attached hydrogens (tertiary/aromatic N) is 1. The minimum absolute atomic E-state index is 0.153. The monoisotopic (exact) mass is 366 g/mol. The number of rotatable bonds is 5. The fourth-order valence-corrected chi connectivity index (χ4v) is 3.63. The molecule has 0 unspecified atom stereocenters. The minimum Gasteiger partial charge on any atom is -0.305 e. The lowest BCUT2D eigenvalue weighted by molar-refractivity contribution is -0.121. The van der Waals surface area contributed by atoms with Gasteiger partial charge in [-0.05, 0) is 50.8 Å². The second-order valence-corrected chi connectivity index (χ2v) is 6.99. The van der Waals surface area contributed by atoms with Crippen LogP contribution in [-0.4, -0.2) is 24.4 Å². The summed E-state index contributed by atoms with van der Waals surface area (Å²) >= 11 is 12.1. The van der Waals surface area contributed by atoms with Crippen LogP contribution in [0.1, 0.15) is 38.5 Å². The number of allylic oxidation sites excluding steroid dienone is 1. The number of imide groups is 1. The summed E-state index contributed by atoms with van der Waals surface area (Å²) < 4.78 is 0. The summed E-state index contributed by atoms with van der Waals surface area (Å²) in [6.45, 7) is 0.701. The van der Waals surface area contributed by atoms with E-state index in [2.05, 4.69) is 11.4 Å². The summed E-state index contributed by atoms with van der Waals surface area (Å²) in [5.74, 6) is -0.514. The molecule has 0 aromatic heterocycles. The molecule has 0 bridgehead atoms. The summed E-state index contributed by atoms with van der Waals surface area (Å²) in [4.78, 5) is 26.0. The third-order valence-corrected chi connectivity index (χ3v) is 5.35. The molecule has 4 nitrogen and oxygen atoms in total. The van der Waals surface area contributed by atoms with Crippen molar-refractivity contribution in [1.82, 2.24) is 5.32 Å². The van der Waals surface area contributed by atoms with Gasteiger partial charge in [-0.25, -0.2) is 4.90 Å². The van der Waals surface area contributed by atoms with Crippen LogP contribution in [0.4, 0.5) is 5.69 Å². The molecule has 2 amide bonds. The molecule has 1 N–H and O–H groups in total. The summed E-state index contributed by atoms with van der Waals surface area (Å²) in [6.07, 6.45) is 8.18. The highest BCUT2D eigenvalue weighted by atomic mass is 35.5. The highest BCUT2D eigenvalue weighted by Crippen LogP contribution is 2.35. The molecule has 0 saturated carbocycles. The lowest BCUT2D eigenvalue weighted by Gasteiger charge is -2.18. The van der Waals surface area contributed by atoms with E-state index < -0.39 is 6.04 Å². The Bertz CT molecular complexity index is 688. The average molecular weight is 367 g/mol. The van der Waals surface area contributed by atoms with Crippen molar-refractivity contribution in [3.63, 3.8) is 0 Å². The van der Waals surface area contributed by atoms with Crippen LogP contribution in [0.15, 0.2) is 29.8 Å². The van der Waals surface area contributed by atoms with Gasteiger partial charge in [0, 0.05) is 0 Å². The molecule has 0 radical (unpaired) electrons. The first kappa shape index (κ1) is 17.5. The Kier molecular flexibility index (Phi) is 5.59. The number of amides is 2. The van der Waals surface area contributed by atoms with E-state index in [1.165, 1.54) is 18.4 Å². The molecule has 1 saturated heterocycles. The van der Waals surface area contributed by atoms with Crippen molar-refractivity contribution in [2.75, 3.05) is 11.4 Å². The van der Waals surface area contributed by atoms with Crippen LogP contribution in [0.3, 0.4) is 0 Å². The van der Waals surface area contributed by atoms with Crippen LogP contribution in [0.5, 0.6) is 0 Å². The normalized spacial score (nSPS) is 21.3. The van der Waals surface area contributed by atoms with E-state index in [1.807, 2.05) is 0 Å². The van der Waals surface area contributed by atoms with Crippen molar-refractivity contribution >= 4 is 40.7 Å². The second kappa shape index (κ2) is 7.68. The molecule has 1 aliphatic heterocycles. The van der Waals surface area contributed by atoms with Gasteiger partial charge in [-0.2, -0.15) is 0 Å². The Labute approximate surface area is 151 Å². The van der Waals surface area contributed by atoms with E-state index in [0.29, 0.717) is 17.3 Å². The quantitative estimate of drug-likeness (QED) is 0.630. The van der Waals surface area contributed by atoms with Gasteiger partial charge in [0.25, 0.3) is 5.91 Å². The van der Waals surface area contributed by atoms with Gasteiger partial charge in [0.05, 0.1) is 28.2 Å². The van der Waals surface area contributed by atoms with Crippen molar-refractivity contribution in [1.29, 1.82) is 0 Å². The summed E-state index contributed by atoms with van der Waals surface area (Å²) in [6, 6.07) is 4.46. The van der Waals surface area contributed by atoms with E-state index >= 15 is 0 Å². The van der Waals surface area contributed by atoms with Gasteiger partial charge in [0.2, 0.25) is 5.91 Å². The van der Waals surface area contributed by atoms with Crippen molar-refractivity contribution in [2.45, 2.75) is 44.6 Å². The van der Waals surface area contributed by atoms with E-state index in [1.54, 1.807) is 18.2 Å². The largest absolute Gasteiger partial charge is 0.305 e. The predicted octanol–water partition coefficient (Wildman–Crippen LogP) is 4.11. The number of halogens is 2. The Balaban J connectivity index is 1.63. The molecular formula is C18H20Cl2N2O2. The van der Waals surface area contributed by atoms with Gasteiger partial charge in [0.15, 0.2) is 0 Å². The van der Waals surface area contributed by atoms with Crippen LogP contribution in [0, 0.1) is 0 Å². The Morgan fingerprint density at radius 3 is 2.79 bits per heavy atom. The zero-order valence-corrected chi connectivity index (χ0v) is 14.9. The molecule has 3 rings (SSSR count). The van der Waals surface area contributed by atoms with Gasteiger partial charge in [-0.3, -0.25) is 9.59 Å². The molecular weight excluding hydrogens is 347 g/mol. The number of carbonyl (C=O) groups excluding carboxylic acids is 2. The third kappa shape index (κ3) is 3.66. The van der Waals surface area contributed by atoms with E-state index in [9.17, 15) is 9.59 Å². The number of nitrogens with one attached hydrogen (secondary N) is 1. The molecule has 128 valence electrons. The fraction of sp³-hybridized carbons (Fsp3) is 0.444. The number of anilines is 1. The first-order valence-electron chi connectivity index (χ1n) is 8.30. The van der Waals surface area contributed by atoms with Gasteiger partial charge in [0.1, 0.15) is 0 Å². The van der Waals surface area contributed by atoms with Crippen molar-refractivity contribution in [3.8, 4) is 0 Å². The fourth-order valence-electron chi connectivity index (χ4n) is 3.25. The third-order valence-electron chi connectivity index (χ3n) is 4.54. The number of benzene rings is 1. The first-order valence-corrected chi connectivity index (χ1v) is 9.05. The molecule has 1 aromatic rings. The molecule has 1 aliphatic carbocycles. The maximum absolute atomic E-state index is 12.6. The molecule has 1 atom stereocenters. The zero-order chi connectivity index (χ0) is 17.1. The van der Waals surface area contributed by atoms with Gasteiger partial charge < -0.3 is 5.32 Å². The van der Waals surface area contributed by atoms with Crippen molar-refractivity contribution in [2.24, 2.45) is 0 Å². The molecule has 1 heterocycles. The van der Waals surface area contributed by atoms with Crippen LogP contribution in [0.2, 0.25) is 10.0 Å². The summed E-state index contributed by atoms with van der Waals surface area (Å²) in [5, 5.41) is 3.77. The van der Waals surface area contributed by atoms with Gasteiger partial charge >= 0.3 is 0 Å². The zero-order valence-electron chi connectivity index (χ0n) is 13.4. The predicted molar refractivity (Wildman–Crippen MR) is 96.5 cm³/mol. The second-order valence-electron chi connectivity index (χ2n) is 6.21. The molecule has 6 heteroatoms. The van der Waals surface area contributed by atoms with E-state index in [-0.39, 0.29) is 23.3 Å². The van der Waals surface area contributed by atoms with Gasteiger partial charge in [-0.1, -0.05) is 40.9 Å². The number of hydrogen-bond acceptors (Lipinski definition) is 3. The van der Waals surface area contributed by atoms with Crippen LogP contribution >= 0.6 is 23.2 Å². The SMILES string of the molecule is O=C1C[C@@H](NCCC2=CCCCC2)C(=O)N1c1cccc(Cl)c1Cl. The molecule has 1 fully saturated rings. The van der Waals surface area contributed by atoms with Gasteiger partial charge in [-0.15, -0.1) is 0 Å². The van der Waals surface area contributed by atoms with Crippen molar-refractivity contribution < 1.29 is 9.59 Å². The van der Waals surface area contributed by atoms with Crippen LogP contribution < -0.4 is 10.2 Å². The summed E-state index contributed by atoms with van der Waals surface area (Å²) in [7, 11) is 0. The maximum Gasteiger partial charge on any atom is 0.251 e. The minimum atomic E-state index is -0.489. The van der Waals surface area contributed by atoms with Crippen molar-refractivity contribution in [3.05, 3.63) is 39.9 Å². The highest BCUT2D eigenvalue weighted by Gasteiger charge is 2.40. The lowest BCUT2D eigenvalue weighted by atomic mass is 9.97. The Morgan fingerprint density at radius 2 is 2.04 bits per heavy atom. The van der Waals surface area contributed by atoms with Crippen LogP contribution in [0.25, 0.3) is 0 Å².